The highest BCUT2D eigenvalue weighted by atomic mass is 16.5. The van der Waals surface area contributed by atoms with Crippen molar-refractivity contribution >= 4 is 56.9 Å². The van der Waals surface area contributed by atoms with Crippen molar-refractivity contribution in [3.8, 4) is 0 Å². The molecule has 7 N–H and O–H groups in total. The van der Waals surface area contributed by atoms with E-state index < -0.39 is 5.97 Å². The summed E-state index contributed by atoms with van der Waals surface area (Å²) in [7, 11) is 0. The van der Waals surface area contributed by atoms with E-state index in [1.807, 2.05) is 12.1 Å². The molecule has 0 fully saturated rings. The van der Waals surface area contributed by atoms with Gasteiger partial charge in [-0.15, -0.1) is 0 Å². The number of carbonyl (C=O) groups is 4. The molecular formula is C38H38N8O5. The molecule has 4 aromatic heterocycles. The molecule has 0 spiro atoms. The van der Waals surface area contributed by atoms with Gasteiger partial charge in [-0.2, -0.15) is 0 Å². The van der Waals surface area contributed by atoms with Crippen molar-refractivity contribution in [3.63, 3.8) is 0 Å². The number of aromatic amines is 2. The SMILES string of the molecule is CCOC(=O)c1[nH]c2ccc(C(=O)Nc3cccnc3)cc2c1CCCN.O=C(Nc1cccnc1)c1ccc2[nH]c3c(c2c1)CCCNC3=O. The summed E-state index contributed by atoms with van der Waals surface area (Å²) in [4.78, 5) is 63.7. The molecule has 51 heavy (non-hydrogen) atoms. The Labute approximate surface area is 293 Å². The van der Waals surface area contributed by atoms with Gasteiger partial charge in [-0.25, -0.2) is 4.79 Å². The monoisotopic (exact) mass is 686 g/mol. The highest BCUT2D eigenvalue weighted by Crippen LogP contribution is 2.28. The first-order chi connectivity index (χ1) is 24.9. The lowest BCUT2D eigenvalue weighted by Crippen LogP contribution is -2.22. The molecule has 0 atom stereocenters. The largest absolute Gasteiger partial charge is 0.461 e. The smallest absolute Gasteiger partial charge is 0.355 e. The predicted octanol–water partition coefficient (Wildman–Crippen LogP) is 5.37. The Kier molecular flexibility index (Phi) is 10.8. The molecule has 0 unspecified atom stereocenters. The Morgan fingerprint density at radius 3 is 2.08 bits per heavy atom. The molecule has 2 aromatic carbocycles. The van der Waals surface area contributed by atoms with Crippen molar-refractivity contribution in [3.05, 3.63) is 119 Å². The number of aromatic nitrogens is 4. The minimum Gasteiger partial charge on any atom is -0.461 e. The van der Waals surface area contributed by atoms with Gasteiger partial charge in [0.15, 0.2) is 0 Å². The Hall–Kier alpha value is -6.34. The number of amides is 3. The van der Waals surface area contributed by atoms with Crippen LogP contribution in [0.5, 0.6) is 0 Å². The number of aryl methyl sites for hydroxylation is 2. The van der Waals surface area contributed by atoms with Crippen LogP contribution in [0.3, 0.4) is 0 Å². The van der Waals surface area contributed by atoms with Crippen LogP contribution >= 0.6 is 0 Å². The minimum absolute atomic E-state index is 0.0833. The van der Waals surface area contributed by atoms with Gasteiger partial charge in [0, 0.05) is 51.9 Å². The minimum atomic E-state index is -0.401. The topological polar surface area (TPSA) is 197 Å². The zero-order valence-corrected chi connectivity index (χ0v) is 28.0. The molecule has 0 radical (unpaired) electrons. The molecule has 3 amide bonds. The molecule has 13 heteroatoms. The van der Waals surface area contributed by atoms with Crippen LogP contribution in [0, 0.1) is 0 Å². The van der Waals surface area contributed by atoms with Crippen molar-refractivity contribution in [2.75, 3.05) is 30.3 Å². The van der Waals surface area contributed by atoms with Crippen LogP contribution in [-0.4, -0.2) is 63.3 Å². The fraction of sp³-hybridized carbons (Fsp3) is 0.211. The molecule has 0 aliphatic carbocycles. The molecule has 6 aromatic rings. The average Bonchev–Trinajstić information content (AvgIpc) is 3.65. The van der Waals surface area contributed by atoms with Gasteiger partial charge in [-0.1, -0.05) is 0 Å². The summed E-state index contributed by atoms with van der Waals surface area (Å²) in [6, 6.07) is 17.8. The van der Waals surface area contributed by atoms with Gasteiger partial charge in [-0.05, 0) is 111 Å². The van der Waals surface area contributed by atoms with E-state index in [1.165, 1.54) is 0 Å². The summed E-state index contributed by atoms with van der Waals surface area (Å²) < 4.78 is 5.15. The standard InChI is InChI=1S/C20H22N4O3.C18H16N4O2/c1-2-27-20(26)18-15(6-3-9-21)16-11-13(7-8-17(16)24-18)19(25)23-14-5-4-10-22-12-14;23-17(21-12-3-1-7-19-10-12)11-5-6-15-14(9-11)13-4-2-8-20-18(24)16(13)22-15/h4-5,7-8,10-12,24H,2-3,6,9,21H2,1H3,(H,23,25);1,3,5-7,9-10,22H,2,4,8H2,(H,20,24)(H,21,23). The van der Waals surface area contributed by atoms with E-state index in [0.717, 1.165) is 52.2 Å². The van der Waals surface area contributed by atoms with Gasteiger partial charge in [0.25, 0.3) is 17.7 Å². The zero-order valence-electron chi connectivity index (χ0n) is 28.0. The predicted molar refractivity (Wildman–Crippen MR) is 195 cm³/mol. The summed E-state index contributed by atoms with van der Waals surface area (Å²) in [6.45, 7) is 3.24. The van der Waals surface area contributed by atoms with E-state index in [2.05, 4.69) is 35.9 Å². The van der Waals surface area contributed by atoms with Crippen LogP contribution in [-0.2, 0) is 17.6 Å². The van der Waals surface area contributed by atoms with Crippen molar-refractivity contribution in [1.29, 1.82) is 0 Å². The number of rotatable bonds is 9. The second-order valence-corrected chi connectivity index (χ2v) is 11.8. The van der Waals surface area contributed by atoms with Crippen LogP contribution in [0.1, 0.15) is 72.6 Å². The fourth-order valence-corrected chi connectivity index (χ4v) is 5.98. The first-order valence-corrected chi connectivity index (χ1v) is 16.7. The molecule has 1 aliphatic rings. The van der Waals surface area contributed by atoms with E-state index in [4.69, 9.17) is 10.5 Å². The lowest BCUT2D eigenvalue weighted by Gasteiger charge is -2.06. The zero-order chi connectivity index (χ0) is 35.7. The van der Waals surface area contributed by atoms with Crippen LogP contribution in [0.25, 0.3) is 21.8 Å². The quantitative estimate of drug-likeness (QED) is 0.109. The molecule has 1 aliphatic heterocycles. The maximum atomic E-state index is 12.6. The number of benzene rings is 2. The summed E-state index contributed by atoms with van der Waals surface area (Å²) in [5.74, 6) is -0.923. The Morgan fingerprint density at radius 2 is 1.49 bits per heavy atom. The van der Waals surface area contributed by atoms with Gasteiger partial charge in [0.05, 0.1) is 30.4 Å². The molecule has 13 nitrogen and oxygen atoms in total. The third kappa shape index (κ3) is 7.94. The van der Waals surface area contributed by atoms with Gasteiger partial charge in [0.1, 0.15) is 11.4 Å². The first-order valence-electron chi connectivity index (χ1n) is 16.7. The number of nitrogens with two attached hydrogens (primary N) is 1. The van der Waals surface area contributed by atoms with Crippen molar-refractivity contribution in [2.24, 2.45) is 5.73 Å². The van der Waals surface area contributed by atoms with Crippen molar-refractivity contribution in [1.82, 2.24) is 25.3 Å². The highest BCUT2D eigenvalue weighted by Gasteiger charge is 2.22. The van der Waals surface area contributed by atoms with Gasteiger partial charge >= 0.3 is 5.97 Å². The molecule has 0 saturated carbocycles. The molecule has 260 valence electrons. The number of nitrogens with zero attached hydrogens (tertiary/aromatic N) is 2. The molecular weight excluding hydrogens is 648 g/mol. The maximum absolute atomic E-state index is 12.6. The van der Waals surface area contributed by atoms with Crippen molar-refractivity contribution in [2.45, 2.75) is 32.6 Å². The van der Waals surface area contributed by atoms with Gasteiger partial charge < -0.3 is 36.4 Å². The summed E-state index contributed by atoms with van der Waals surface area (Å²) in [5, 5.41) is 10.3. The first kappa shape index (κ1) is 34.5. The maximum Gasteiger partial charge on any atom is 0.355 e. The molecule has 5 heterocycles. The molecule has 0 saturated heterocycles. The van der Waals surface area contributed by atoms with Crippen LogP contribution in [0.15, 0.2) is 85.5 Å². The van der Waals surface area contributed by atoms with E-state index in [-0.39, 0.29) is 17.7 Å². The number of fused-ring (bicyclic) bond motifs is 4. The number of carbonyl (C=O) groups excluding carboxylic acids is 4. The fourth-order valence-electron chi connectivity index (χ4n) is 5.98. The van der Waals surface area contributed by atoms with E-state index in [0.29, 0.717) is 60.0 Å². The second kappa shape index (κ2) is 15.9. The van der Waals surface area contributed by atoms with E-state index >= 15 is 0 Å². The van der Waals surface area contributed by atoms with Crippen LogP contribution in [0.4, 0.5) is 11.4 Å². The average molecular weight is 687 g/mol. The normalized spacial score (nSPS) is 12.2. The molecule has 7 rings (SSSR count). The Balaban J connectivity index is 0.000000177. The summed E-state index contributed by atoms with van der Waals surface area (Å²) >= 11 is 0. The number of hydrogen-bond acceptors (Lipinski definition) is 8. The van der Waals surface area contributed by atoms with Gasteiger partial charge in [0.2, 0.25) is 0 Å². The number of hydrogen-bond donors (Lipinski definition) is 6. The summed E-state index contributed by atoms with van der Waals surface area (Å²) in [5.41, 5.74) is 12.4. The van der Waals surface area contributed by atoms with Crippen molar-refractivity contribution < 1.29 is 23.9 Å². The molecule has 0 bridgehead atoms. The Morgan fingerprint density at radius 1 is 0.863 bits per heavy atom. The highest BCUT2D eigenvalue weighted by molar-refractivity contribution is 6.09. The van der Waals surface area contributed by atoms with Crippen LogP contribution in [0.2, 0.25) is 0 Å². The Bertz CT molecular complexity index is 2190. The summed E-state index contributed by atoms with van der Waals surface area (Å²) in [6.07, 6.45) is 9.52. The third-order valence-corrected chi connectivity index (χ3v) is 8.40. The number of anilines is 2. The number of ether oxygens (including phenoxy) is 1. The third-order valence-electron chi connectivity index (χ3n) is 8.40. The second-order valence-electron chi connectivity index (χ2n) is 11.8. The lowest BCUT2D eigenvalue weighted by atomic mass is 10.0. The lowest BCUT2D eigenvalue weighted by molar-refractivity contribution is 0.0519. The van der Waals surface area contributed by atoms with Crippen LogP contribution < -0.4 is 21.7 Å². The number of pyridine rings is 2. The van der Waals surface area contributed by atoms with Gasteiger partial charge in [-0.3, -0.25) is 24.4 Å². The van der Waals surface area contributed by atoms with E-state index in [1.54, 1.807) is 80.2 Å². The number of esters is 1. The van der Waals surface area contributed by atoms with E-state index in [9.17, 15) is 19.2 Å². The number of nitrogens with one attached hydrogen (secondary N) is 5. The number of H-pyrrole nitrogens is 2.